The average Bonchev–Trinajstić information content (AvgIpc) is 3.22. The van der Waals surface area contributed by atoms with Gasteiger partial charge < -0.3 is 14.5 Å². The van der Waals surface area contributed by atoms with E-state index in [2.05, 4.69) is 16.8 Å². The number of carbonyl (C=O) groups excluding carboxylic acids is 1. The first-order chi connectivity index (χ1) is 12.4. The quantitative estimate of drug-likeness (QED) is 0.718. The lowest BCUT2D eigenvalue weighted by Gasteiger charge is -2.27. The summed E-state index contributed by atoms with van der Waals surface area (Å²) < 4.78 is 5.23. The van der Waals surface area contributed by atoms with E-state index in [0.717, 1.165) is 27.4 Å². The fraction of sp³-hybridized carbons (Fsp3) is 0.632. The number of aromatic nitrogens is 2. The summed E-state index contributed by atoms with van der Waals surface area (Å²) in [6.07, 6.45) is 4.92. The fourth-order valence-corrected chi connectivity index (χ4v) is 4.71. The number of aryl methyl sites for hydroxylation is 1. The number of fused-ring (bicyclic) bond motifs is 1. The Kier molecular flexibility index (Phi) is 5.77. The molecule has 1 aliphatic rings. The topological polar surface area (TPSA) is 58.6 Å². The normalized spacial score (nSPS) is 15.2. The lowest BCUT2D eigenvalue weighted by atomic mass is 10.1. The molecule has 2 aromatic heterocycles. The molecule has 0 unspecified atom stereocenters. The molecule has 2 heterocycles. The molecule has 0 aliphatic heterocycles. The third-order valence-electron chi connectivity index (χ3n) is 4.94. The molecule has 0 saturated heterocycles. The zero-order valence-electron chi connectivity index (χ0n) is 16.3. The molecule has 0 atom stereocenters. The Hall–Kier alpha value is -1.73. The molecule has 0 aromatic carbocycles. The molecule has 1 aliphatic carbocycles. The van der Waals surface area contributed by atoms with Crippen molar-refractivity contribution in [3.63, 3.8) is 0 Å². The van der Waals surface area contributed by atoms with E-state index in [9.17, 15) is 4.79 Å². The van der Waals surface area contributed by atoms with Gasteiger partial charge >= 0.3 is 5.97 Å². The van der Waals surface area contributed by atoms with E-state index in [4.69, 9.17) is 14.7 Å². The van der Waals surface area contributed by atoms with E-state index in [-0.39, 0.29) is 5.97 Å². The Morgan fingerprint density at radius 2 is 1.92 bits per heavy atom. The van der Waals surface area contributed by atoms with Crippen molar-refractivity contribution < 1.29 is 9.53 Å². The minimum atomic E-state index is -0.267. The standard InChI is InChI=1S/C19H28N4O2S/c1-6-25-19(24)16-12(2)15-17(23(5)13-9-7-8-10-13)20-14(11-22(3)4)21-18(15)26-16/h13H,6-11H2,1-5H3. The molecular weight excluding hydrogens is 348 g/mol. The third-order valence-corrected chi connectivity index (χ3v) is 6.11. The molecule has 0 N–H and O–H groups in total. The van der Waals surface area contributed by atoms with Crippen LogP contribution in [0.1, 0.15) is 53.7 Å². The van der Waals surface area contributed by atoms with Crippen LogP contribution in [-0.4, -0.2) is 54.6 Å². The number of ether oxygens (including phenoxy) is 1. The molecule has 7 heteroatoms. The summed E-state index contributed by atoms with van der Waals surface area (Å²) in [5.74, 6) is 1.47. The Labute approximate surface area is 159 Å². The van der Waals surface area contributed by atoms with Gasteiger partial charge in [0, 0.05) is 13.1 Å². The first-order valence-corrected chi connectivity index (χ1v) is 10.1. The summed E-state index contributed by atoms with van der Waals surface area (Å²) in [4.78, 5) is 27.9. The lowest BCUT2D eigenvalue weighted by Crippen LogP contribution is -2.30. The van der Waals surface area contributed by atoms with Gasteiger partial charge in [-0.05, 0) is 46.3 Å². The Morgan fingerprint density at radius 1 is 1.23 bits per heavy atom. The average molecular weight is 377 g/mol. The smallest absolute Gasteiger partial charge is 0.348 e. The second-order valence-electron chi connectivity index (χ2n) is 7.21. The molecule has 0 radical (unpaired) electrons. The predicted molar refractivity (Wildman–Crippen MR) is 106 cm³/mol. The van der Waals surface area contributed by atoms with Crippen molar-refractivity contribution in [1.82, 2.24) is 14.9 Å². The zero-order chi connectivity index (χ0) is 18.8. The molecule has 1 fully saturated rings. The Balaban J connectivity index is 2.13. The van der Waals surface area contributed by atoms with Crippen LogP contribution < -0.4 is 4.90 Å². The molecule has 0 bridgehead atoms. The van der Waals surface area contributed by atoms with Crippen molar-refractivity contribution >= 4 is 33.3 Å². The highest BCUT2D eigenvalue weighted by Gasteiger charge is 2.27. The van der Waals surface area contributed by atoms with Gasteiger partial charge in [0.2, 0.25) is 0 Å². The van der Waals surface area contributed by atoms with Crippen molar-refractivity contribution in [2.24, 2.45) is 0 Å². The van der Waals surface area contributed by atoms with E-state index in [1.165, 1.54) is 37.0 Å². The van der Waals surface area contributed by atoms with Gasteiger partial charge in [0.1, 0.15) is 21.3 Å². The summed E-state index contributed by atoms with van der Waals surface area (Å²) in [6.45, 7) is 4.85. The van der Waals surface area contributed by atoms with Crippen LogP contribution >= 0.6 is 11.3 Å². The van der Waals surface area contributed by atoms with E-state index >= 15 is 0 Å². The SMILES string of the molecule is CCOC(=O)c1sc2nc(CN(C)C)nc(N(C)C3CCCC3)c2c1C. The number of hydrogen-bond acceptors (Lipinski definition) is 7. The summed E-state index contributed by atoms with van der Waals surface area (Å²) in [6, 6.07) is 0.505. The van der Waals surface area contributed by atoms with Crippen LogP contribution in [0.2, 0.25) is 0 Å². The summed E-state index contributed by atoms with van der Waals surface area (Å²) >= 11 is 1.42. The van der Waals surface area contributed by atoms with E-state index in [1.54, 1.807) is 0 Å². The molecule has 1 saturated carbocycles. The fourth-order valence-electron chi connectivity index (χ4n) is 3.63. The number of esters is 1. The first kappa shape index (κ1) is 19.0. The lowest BCUT2D eigenvalue weighted by molar-refractivity contribution is 0.0531. The van der Waals surface area contributed by atoms with Gasteiger partial charge in [-0.1, -0.05) is 12.8 Å². The van der Waals surface area contributed by atoms with Crippen LogP contribution in [0.5, 0.6) is 0 Å². The molecule has 26 heavy (non-hydrogen) atoms. The maximum Gasteiger partial charge on any atom is 0.348 e. The van der Waals surface area contributed by atoms with Crippen molar-refractivity contribution in [1.29, 1.82) is 0 Å². The van der Waals surface area contributed by atoms with Gasteiger partial charge in [-0.3, -0.25) is 0 Å². The van der Waals surface area contributed by atoms with E-state index < -0.39 is 0 Å². The van der Waals surface area contributed by atoms with E-state index in [1.807, 2.05) is 27.9 Å². The number of anilines is 1. The monoisotopic (exact) mass is 376 g/mol. The number of thiophene rings is 1. The third kappa shape index (κ3) is 3.69. The van der Waals surface area contributed by atoms with Crippen LogP contribution in [0.25, 0.3) is 10.2 Å². The Bertz CT molecular complexity index is 796. The molecule has 2 aromatic rings. The first-order valence-electron chi connectivity index (χ1n) is 9.27. The van der Waals surface area contributed by atoms with Gasteiger partial charge in [0.05, 0.1) is 18.5 Å². The summed E-state index contributed by atoms with van der Waals surface area (Å²) in [7, 11) is 6.15. The van der Waals surface area contributed by atoms with Crippen molar-refractivity contribution in [3.05, 3.63) is 16.3 Å². The zero-order valence-corrected chi connectivity index (χ0v) is 17.2. The van der Waals surface area contributed by atoms with Crippen LogP contribution in [0, 0.1) is 6.92 Å². The highest BCUT2D eigenvalue weighted by molar-refractivity contribution is 7.20. The van der Waals surface area contributed by atoms with Crippen molar-refractivity contribution in [2.45, 2.75) is 52.1 Å². The number of carbonyl (C=O) groups is 1. The summed E-state index contributed by atoms with van der Waals surface area (Å²) in [5, 5.41) is 0.995. The Morgan fingerprint density at radius 3 is 2.54 bits per heavy atom. The second kappa shape index (κ2) is 7.88. The van der Waals surface area contributed by atoms with Gasteiger partial charge in [0.15, 0.2) is 0 Å². The van der Waals surface area contributed by atoms with Crippen LogP contribution in [0.3, 0.4) is 0 Å². The molecule has 142 valence electrons. The van der Waals surface area contributed by atoms with Gasteiger partial charge in [-0.25, -0.2) is 14.8 Å². The largest absolute Gasteiger partial charge is 0.462 e. The highest BCUT2D eigenvalue weighted by atomic mass is 32.1. The van der Waals surface area contributed by atoms with Gasteiger partial charge in [0.25, 0.3) is 0 Å². The second-order valence-corrected chi connectivity index (χ2v) is 8.21. The molecular formula is C19H28N4O2S. The number of nitrogens with zero attached hydrogens (tertiary/aromatic N) is 4. The van der Waals surface area contributed by atoms with E-state index in [0.29, 0.717) is 24.1 Å². The number of hydrogen-bond donors (Lipinski definition) is 0. The minimum Gasteiger partial charge on any atom is -0.462 e. The minimum absolute atomic E-state index is 0.267. The maximum atomic E-state index is 12.4. The van der Waals surface area contributed by atoms with Crippen LogP contribution in [-0.2, 0) is 11.3 Å². The predicted octanol–water partition coefficient (Wildman–Crippen LogP) is 3.62. The van der Waals surface area contributed by atoms with Crippen LogP contribution in [0.4, 0.5) is 5.82 Å². The summed E-state index contributed by atoms with van der Waals surface area (Å²) in [5.41, 5.74) is 0.930. The van der Waals surface area contributed by atoms with Crippen LogP contribution in [0.15, 0.2) is 0 Å². The van der Waals surface area contributed by atoms with Crippen molar-refractivity contribution in [2.75, 3.05) is 32.6 Å². The molecule has 3 rings (SSSR count). The highest BCUT2D eigenvalue weighted by Crippen LogP contribution is 2.37. The molecule has 6 nitrogen and oxygen atoms in total. The molecule has 0 amide bonds. The van der Waals surface area contributed by atoms with Gasteiger partial charge in [-0.2, -0.15) is 0 Å². The van der Waals surface area contributed by atoms with Gasteiger partial charge in [-0.15, -0.1) is 11.3 Å². The maximum absolute atomic E-state index is 12.4. The van der Waals surface area contributed by atoms with Crippen molar-refractivity contribution in [3.8, 4) is 0 Å². The molecule has 0 spiro atoms. The number of rotatable bonds is 6.